The molecule has 4 heteroatoms. The molecule has 2 aromatic rings. The second-order valence-corrected chi connectivity index (χ2v) is 5.64. The molecule has 0 aliphatic carbocycles. The first-order chi connectivity index (χ1) is 8.75. The van der Waals surface area contributed by atoms with Crippen LogP contribution in [0.15, 0.2) is 29.6 Å². The average molecular weight is 261 g/mol. The van der Waals surface area contributed by atoms with E-state index in [2.05, 4.69) is 22.4 Å². The van der Waals surface area contributed by atoms with E-state index in [0.29, 0.717) is 0 Å². The number of benzene rings is 1. The number of hydrogen-bond acceptors (Lipinski definition) is 3. The molecule has 1 aliphatic heterocycles. The molecule has 1 aromatic carbocycles. The summed E-state index contributed by atoms with van der Waals surface area (Å²) in [6.45, 7) is 1.64. The largest absolute Gasteiger partial charge is 0.480 e. The number of fused-ring (bicyclic) bond motifs is 1. The van der Waals surface area contributed by atoms with Gasteiger partial charge in [0.05, 0.1) is 0 Å². The van der Waals surface area contributed by atoms with Gasteiger partial charge in [0.25, 0.3) is 0 Å². The van der Waals surface area contributed by atoms with Crippen molar-refractivity contribution in [2.75, 3.05) is 6.54 Å². The number of nitrogens with zero attached hydrogens (tertiary/aromatic N) is 1. The normalized spacial score (nSPS) is 20.6. The lowest BCUT2D eigenvalue weighted by Gasteiger charge is -2.20. The molecule has 3 rings (SSSR count). The van der Waals surface area contributed by atoms with Gasteiger partial charge in [-0.1, -0.05) is 18.2 Å². The summed E-state index contributed by atoms with van der Waals surface area (Å²) >= 11 is 1.73. The highest BCUT2D eigenvalue weighted by atomic mass is 32.1. The molecule has 0 bridgehead atoms. The second-order valence-electron chi connectivity index (χ2n) is 4.72. The molecule has 0 spiro atoms. The third-order valence-electron chi connectivity index (χ3n) is 3.58. The van der Waals surface area contributed by atoms with Crippen LogP contribution in [0.5, 0.6) is 0 Å². The highest BCUT2D eigenvalue weighted by molar-refractivity contribution is 7.17. The Balaban J connectivity index is 1.86. The molecule has 0 radical (unpaired) electrons. The van der Waals surface area contributed by atoms with Gasteiger partial charge in [-0.15, -0.1) is 11.3 Å². The lowest BCUT2D eigenvalue weighted by atomic mass is 10.1. The predicted molar refractivity (Wildman–Crippen MR) is 72.9 cm³/mol. The van der Waals surface area contributed by atoms with Crippen molar-refractivity contribution >= 4 is 27.4 Å². The van der Waals surface area contributed by atoms with E-state index in [-0.39, 0.29) is 6.04 Å². The minimum Gasteiger partial charge on any atom is -0.480 e. The number of hydrogen-bond donors (Lipinski definition) is 1. The van der Waals surface area contributed by atoms with Crippen molar-refractivity contribution in [3.63, 3.8) is 0 Å². The Morgan fingerprint density at radius 3 is 3.11 bits per heavy atom. The Kier molecular flexibility index (Phi) is 3.06. The van der Waals surface area contributed by atoms with Gasteiger partial charge in [0, 0.05) is 11.2 Å². The fourth-order valence-corrected chi connectivity index (χ4v) is 3.62. The monoisotopic (exact) mass is 261 g/mol. The van der Waals surface area contributed by atoms with Gasteiger partial charge in [0.2, 0.25) is 0 Å². The maximum Gasteiger partial charge on any atom is 0.320 e. The molecule has 1 N–H and O–H groups in total. The zero-order valence-corrected chi connectivity index (χ0v) is 10.8. The molecule has 94 valence electrons. The molecule has 3 nitrogen and oxygen atoms in total. The van der Waals surface area contributed by atoms with Gasteiger partial charge in [-0.2, -0.15) is 0 Å². The van der Waals surface area contributed by atoms with Gasteiger partial charge in [0.15, 0.2) is 0 Å². The van der Waals surface area contributed by atoms with Crippen LogP contribution in [0.25, 0.3) is 10.1 Å². The summed E-state index contributed by atoms with van der Waals surface area (Å²) in [5.41, 5.74) is 1.25. The average Bonchev–Trinajstić information content (AvgIpc) is 2.97. The van der Waals surface area contributed by atoms with Crippen molar-refractivity contribution in [1.29, 1.82) is 0 Å². The lowest BCUT2D eigenvalue weighted by molar-refractivity contribution is -0.142. The van der Waals surface area contributed by atoms with E-state index in [1.165, 1.54) is 15.6 Å². The van der Waals surface area contributed by atoms with Crippen LogP contribution in [-0.4, -0.2) is 28.6 Å². The fourth-order valence-electron chi connectivity index (χ4n) is 2.67. The van der Waals surface area contributed by atoms with Gasteiger partial charge in [0.1, 0.15) is 6.04 Å². The van der Waals surface area contributed by atoms with E-state index in [9.17, 15) is 9.90 Å². The van der Waals surface area contributed by atoms with E-state index >= 15 is 0 Å². The van der Waals surface area contributed by atoms with E-state index in [1.807, 2.05) is 12.1 Å². The van der Waals surface area contributed by atoms with Crippen molar-refractivity contribution in [2.45, 2.75) is 25.4 Å². The van der Waals surface area contributed by atoms with E-state index < -0.39 is 5.97 Å². The van der Waals surface area contributed by atoms with E-state index in [4.69, 9.17) is 0 Å². The first-order valence-electron chi connectivity index (χ1n) is 6.17. The molecule has 1 unspecified atom stereocenters. The van der Waals surface area contributed by atoms with Crippen LogP contribution in [0.4, 0.5) is 0 Å². The molecular formula is C14H15NO2S. The molecular weight excluding hydrogens is 246 g/mol. The minimum atomic E-state index is -0.688. The number of likely N-dealkylation sites (tertiary alicyclic amines) is 1. The quantitative estimate of drug-likeness (QED) is 0.923. The minimum absolute atomic E-state index is 0.302. The summed E-state index contributed by atoms with van der Waals surface area (Å²) in [5.74, 6) is -0.688. The van der Waals surface area contributed by atoms with Crippen LogP contribution in [0.3, 0.4) is 0 Å². The third kappa shape index (κ3) is 2.02. The zero-order chi connectivity index (χ0) is 12.5. The topological polar surface area (TPSA) is 40.5 Å². The number of carboxylic acids is 1. The number of carboxylic acid groups (broad SMARTS) is 1. The van der Waals surface area contributed by atoms with Crippen LogP contribution in [0.2, 0.25) is 0 Å². The number of thiophene rings is 1. The molecule has 1 aliphatic rings. The summed E-state index contributed by atoms with van der Waals surface area (Å²) in [6.07, 6.45) is 1.76. The smallest absolute Gasteiger partial charge is 0.320 e. The first kappa shape index (κ1) is 11.7. The second kappa shape index (κ2) is 4.71. The summed E-state index contributed by atoms with van der Waals surface area (Å²) in [7, 11) is 0. The Labute approximate surface area is 110 Å². The predicted octanol–water partition coefficient (Wildman–Crippen LogP) is 2.95. The van der Waals surface area contributed by atoms with Crippen LogP contribution in [-0.2, 0) is 11.3 Å². The lowest BCUT2D eigenvalue weighted by Crippen LogP contribution is -2.35. The summed E-state index contributed by atoms with van der Waals surface area (Å²) in [6, 6.07) is 8.01. The molecule has 1 atom stereocenters. The molecule has 1 saturated heterocycles. The van der Waals surface area contributed by atoms with Crippen molar-refractivity contribution in [3.05, 3.63) is 35.2 Å². The zero-order valence-electron chi connectivity index (χ0n) is 10.0. The van der Waals surface area contributed by atoms with Gasteiger partial charge in [-0.3, -0.25) is 9.69 Å². The van der Waals surface area contributed by atoms with Crippen molar-refractivity contribution in [2.24, 2.45) is 0 Å². The Morgan fingerprint density at radius 2 is 2.28 bits per heavy atom. The summed E-state index contributed by atoms with van der Waals surface area (Å²) < 4.78 is 1.28. The fraction of sp³-hybridized carbons (Fsp3) is 0.357. The maximum atomic E-state index is 11.2. The van der Waals surface area contributed by atoms with Gasteiger partial charge in [-0.05, 0) is 41.8 Å². The van der Waals surface area contributed by atoms with Gasteiger partial charge < -0.3 is 5.11 Å². The van der Waals surface area contributed by atoms with E-state index in [0.717, 1.165) is 25.9 Å². The highest BCUT2D eigenvalue weighted by Crippen LogP contribution is 2.29. The van der Waals surface area contributed by atoms with Crippen molar-refractivity contribution in [3.8, 4) is 0 Å². The van der Waals surface area contributed by atoms with Gasteiger partial charge >= 0.3 is 5.97 Å². The molecule has 1 fully saturated rings. The number of rotatable bonds is 3. The van der Waals surface area contributed by atoms with Crippen molar-refractivity contribution < 1.29 is 9.90 Å². The Hall–Kier alpha value is -1.39. The molecule has 2 heterocycles. The standard InChI is InChI=1S/C14H15NO2S/c16-14(17)12-5-3-7-15(12)8-10-9-18-13-6-2-1-4-11(10)13/h1-2,4,6,9,12H,3,5,7-8H2,(H,16,17). The summed E-state index contributed by atoms with van der Waals surface area (Å²) in [5, 5.41) is 12.6. The van der Waals surface area contributed by atoms with Crippen LogP contribution >= 0.6 is 11.3 Å². The third-order valence-corrected chi connectivity index (χ3v) is 4.60. The Morgan fingerprint density at radius 1 is 1.44 bits per heavy atom. The molecule has 0 saturated carbocycles. The molecule has 0 amide bonds. The van der Waals surface area contributed by atoms with Crippen LogP contribution in [0.1, 0.15) is 18.4 Å². The SMILES string of the molecule is O=C(O)C1CCCN1Cc1csc2ccccc12. The van der Waals surface area contributed by atoms with Crippen LogP contribution < -0.4 is 0 Å². The molecule has 18 heavy (non-hydrogen) atoms. The first-order valence-corrected chi connectivity index (χ1v) is 7.05. The summed E-state index contributed by atoms with van der Waals surface area (Å²) in [4.78, 5) is 13.2. The van der Waals surface area contributed by atoms with E-state index in [1.54, 1.807) is 11.3 Å². The Bertz CT molecular complexity index is 578. The highest BCUT2D eigenvalue weighted by Gasteiger charge is 2.30. The van der Waals surface area contributed by atoms with Crippen LogP contribution in [0, 0.1) is 0 Å². The van der Waals surface area contributed by atoms with Gasteiger partial charge in [-0.25, -0.2) is 0 Å². The molecule has 1 aromatic heterocycles. The van der Waals surface area contributed by atoms with Crippen molar-refractivity contribution in [1.82, 2.24) is 4.90 Å². The maximum absolute atomic E-state index is 11.2. The number of aliphatic carboxylic acids is 1. The number of carbonyl (C=O) groups is 1.